The molecule has 2 aromatic rings. The molecule has 0 radical (unpaired) electrons. The van der Waals surface area contributed by atoms with Gasteiger partial charge in [-0.2, -0.15) is 0 Å². The highest BCUT2D eigenvalue weighted by Crippen LogP contribution is 2.23. The first-order valence-corrected chi connectivity index (χ1v) is 10.1. The van der Waals surface area contributed by atoms with Crippen molar-refractivity contribution in [2.75, 3.05) is 30.5 Å². The molecule has 1 amide bonds. The number of nitrogens with zero attached hydrogens (tertiary/aromatic N) is 1. The molecule has 27 heavy (non-hydrogen) atoms. The lowest BCUT2D eigenvalue weighted by Gasteiger charge is -2.23. The van der Waals surface area contributed by atoms with Crippen molar-refractivity contribution in [3.05, 3.63) is 60.2 Å². The fourth-order valence-electron chi connectivity index (χ4n) is 2.55. The van der Waals surface area contributed by atoms with E-state index in [1.165, 1.54) is 16.4 Å². The minimum Gasteiger partial charge on any atom is -0.351 e. The van der Waals surface area contributed by atoms with Gasteiger partial charge < -0.3 is 10.6 Å². The number of carbonyl (C=O) groups excluding carboxylic acids is 1. The van der Waals surface area contributed by atoms with Crippen LogP contribution in [0, 0.1) is 0 Å². The Kier molecular flexibility index (Phi) is 9.28. The minimum absolute atomic E-state index is 0. The van der Waals surface area contributed by atoms with E-state index in [1.54, 1.807) is 43.3 Å². The first kappa shape index (κ1) is 23.0. The van der Waals surface area contributed by atoms with Crippen LogP contribution < -0.4 is 14.9 Å². The summed E-state index contributed by atoms with van der Waals surface area (Å²) in [6.45, 7) is 6.04. The summed E-state index contributed by atoms with van der Waals surface area (Å²) in [5.41, 5.74) is 0.919. The summed E-state index contributed by atoms with van der Waals surface area (Å²) in [7, 11) is -3.75. The lowest BCUT2D eigenvalue weighted by Crippen LogP contribution is -2.32. The van der Waals surface area contributed by atoms with E-state index in [1.807, 2.05) is 13.0 Å². The van der Waals surface area contributed by atoms with Crippen LogP contribution in [0.2, 0.25) is 0 Å². The number of anilines is 1. The number of hydrogen-bond acceptors (Lipinski definition) is 4. The lowest BCUT2D eigenvalue weighted by molar-refractivity contribution is 0.0953. The zero-order valence-electron chi connectivity index (χ0n) is 15.5. The Morgan fingerprint density at radius 1 is 1.00 bits per heavy atom. The molecule has 148 valence electrons. The van der Waals surface area contributed by atoms with E-state index in [-0.39, 0.29) is 23.2 Å². The van der Waals surface area contributed by atoms with Gasteiger partial charge >= 0.3 is 0 Å². The van der Waals surface area contributed by atoms with E-state index in [9.17, 15) is 13.2 Å². The molecule has 2 rings (SSSR count). The maximum absolute atomic E-state index is 13.0. The van der Waals surface area contributed by atoms with Crippen molar-refractivity contribution in [2.24, 2.45) is 0 Å². The van der Waals surface area contributed by atoms with Gasteiger partial charge in [0.25, 0.3) is 15.9 Å². The maximum atomic E-state index is 13.0. The quantitative estimate of drug-likeness (QED) is 0.622. The van der Waals surface area contributed by atoms with E-state index < -0.39 is 10.0 Å². The summed E-state index contributed by atoms with van der Waals surface area (Å²) >= 11 is 0. The summed E-state index contributed by atoms with van der Waals surface area (Å²) in [6, 6.07) is 15.0. The topological polar surface area (TPSA) is 78.5 Å². The van der Waals surface area contributed by atoms with Gasteiger partial charge in [-0.1, -0.05) is 31.2 Å². The predicted octanol–water partition coefficient (Wildman–Crippen LogP) is 2.66. The Morgan fingerprint density at radius 2 is 1.70 bits per heavy atom. The number of hydrogen-bond donors (Lipinski definition) is 2. The number of rotatable bonds is 9. The van der Waals surface area contributed by atoms with Gasteiger partial charge in [-0.3, -0.25) is 9.10 Å². The van der Waals surface area contributed by atoms with Gasteiger partial charge in [-0.15, -0.1) is 12.4 Å². The SMILES string of the molecule is CCNCCNC(=O)c1cccc(S(=O)(=O)N(CC)c2ccccc2)c1.Cl. The van der Waals surface area contributed by atoms with Gasteiger partial charge in [0.1, 0.15) is 0 Å². The molecule has 0 aliphatic rings. The Labute approximate surface area is 167 Å². The average Bonchev–Trinajstić information content (AvgIpc) is 2.66. The molecule has 0 unspecified atom stereocenters. The standard InChI is InChI=1S/C19H25N3O3S.ClH/c1-3-20-13-14-21-19(23)16-9-8-12-18(15-16)26(24,25)22(4-2)17-10-6-5-7-11-17;/h5-12,15,20H,3-4,13-14H2,1-2H3,(H,21,23);1H. The Morgan fingerprint density at radius 3 is 2.33 bits per heavy atom. The van der Waals surface area contributed by atoms with Crippen molar-refractivity contribution in [2.45, 2.75) is 18.7 Å². The van der Waals surface area contributed by atoms with Crippen molar-refractivity contribution < 1.29 is 13.2 Å². The van der Waals surface area contributed by atoms with Crippen LogP contribution in [-0.2, 0) is 10.0 Å². The zero-order valence-corrected chi connectivity index (χ0v) is 17.1. The molecule has 6 nitrogen and oxygen atoms in total. The molecular weight excluding hydrogens is 386 g/mol. The van der Waals surface area contributed by atoms with Crippen LogP contribution in [0.1, 0.15) is 24.2 Å². The number of sulfonamides is 1. The van der Waals surface area contributed by atoms with E-state index in [2.05, 4.69) is 10.6 Å². The van der Waals surface area contributed by atoms with Crippen molar-refractivity contribution in [3.63, 3.8) is 0 Å². The van der Waals surface area contributed by atoms with E-state index in [4.69, 9.17) is 0 Å². The van der Waals surface area contributed by atoms with Gasteiger partial charge in [0.15, 0.2) is 0 Å². The molecule has 0 saturated heterocycles. The largest absolute Gasteiger partial charge is 0.351 e. The summed E-state index contributed by atoms with van der Waals surface area (Å²) < 4.78 is 27.4. The van der Waals surface area contributed by atoms with Crippen LogP contribution in [-0.4, -0.2) is 40.5 Å². The number of nitrogens with one attached hydrogen (secondary N) is 2. The molecule has 0 spiro atoms. The zero-order chi connectivity index (χ0) is 19.0. The fraction of sp³-hybridized carbons (Fsp3) is 0.316. The first-order valence-electron chi connectivity index (χ1n) is 8.67. The van der Waals surface area contributed by atoms with Crippen molar-refractivity contribution >= 4 is 34.0 Å². The number of carbonyl (C=O) groups is 1. The molecule has 0 aliphatic heterocycles. The van der Waals surface area contributed by atoms with E-state index in [0.717, 1.165) is 6.54 Å². The smallest absolute Gasteiger partial charge is 0.264 e. The van der Waals surface area contributed by atoms with Crippen molar-refractivity contribution in [3.8, 4) is 0 Å². The molecular formula is C19H26ClN3O3S. The first-order chi connectivity index (χ1) is 12.5. The molecule has 0 bridgehead atoms. The molecule has 0 saturated carbocycles. The minimum atomic E-state index is -3.75. The third-order valence-corrected chi connectivity index (χ3v) is 5.75. The monoisotopic (exact) mass is 411 g/mol. The van der Waals surface area contributed by atoms with Crippen molar-refractivity contribution in [1.82, 2.24) is 10.6 Å². The van der Waals surface area contributed by atoms with Gasteiger partial charge in [0.05, 0.1) is 10.6 Å². The van der Waals surface area contributed by atoms with Gasteiger partial charge in [-0.25, -0.2) is 8.42 Å². The third-order valence-electron chi connectivity index (χ3n) is 3.85. The van der Waals surface area contributed by atoms with Crippen LogP contribution in [0.3, 0.4) is 0 Å². The van der Waals surface area contributed by atoms with Crippen LogP contribution in [0.15, 0.2) is 59.5 Å². The van der Waals surface area contributed by atoms with Crippen LogP contribution >= 0.6 is 12.4 Å². The molecule has 8 heteroatoms. The Bertz CT molecular complexity index is 829. The van der Waals surface area contributed by atoms with Gasteiger partial charge in [0.2, 0.25) is 0 Å². The number of benzene rings is 2. The highest BCUT2D eigenvalue weighted by molar-refractivity contribution is 7.92. The molecule has 2 N–H and O–H groups in total. The third kappa shape index (κ3) is 5.95. The molecule has 0 atom stereocenters. The summed E-state index contributed by atoms with van der Waals surface area (Å²) in [5.74, 6) is -0.289. The maximum Gasteiger partial charge on any atom is 0.264 e. The second-order valence-corrected chi connectivity index (χ2v) is 7.50. The molecule has 0 fully saturated rings. The van der Waals surface area contributed by atoms with Crippen LogP contribution in [0.5, 0.6) is 0 Å². The fourth-order valence-corrected chi connectivity index (χ4v) is 4.07. The normalized spacial score (nSPS) is 10.7. The average molecular weight is 412 g/mol. The van der Waals surface area contributed by atoms with Crippen LogP contribution in [0.4, 0.5) is 5.69 Å². The highest BCUT2D eigenvalue weighted by Gasteiger charge is 2.24. The number of halogens is 1. The van der Waals surface area contributed by atoms with Gasteiger partial charge in [-0.05, 0) is 43.8 Å². The Hall–Kier alpha value is -2.09. The molecule has 2 aromatic carbocycles. The van der Waals surface area contributed by atoms with Gasteiger partial charge in [0, 0.05) is 25.2 Å². The van der Waals surface area contributed by atoms with E-state index in [0.29, 0.717) is 30.9 Å². The number of likely N-dealkylation sites (N-methyl/N-ethyl adjacent to an activating group) is 1. The molecule has 0 aliphatic carbocycles. The van der Waals surface area contributed by atoms with Crippen molar-refractivity contribution in [1.29, 1.82) is 0 Å². The second-order valence-electron chi connectivity index (χ2n) is 5.64. The second kappa shape index (κ2) is 10.9. The predicted molar refractivity (Wildman–Crippen MR) is 111 cm³/mol. The Balaban J connectivity index is 0.00000364. The summed E-state index contributed by atoms with van der Waals surface area (Å²) in [6.07, 6.45) is 0. The van der Waals surface area contributed by atoms with Crippen LogP contribution in [0.25, 0.3) is 0 Å². The summed E-state index contributed by atoms with van der Waals surface area (Å²) in [4.78, 5) is 12.3. The molecule has 0 aromatic heterocycles. The number of para-hydroxylation sites is 1. The summed E-state index contributed by atoms with van der Waals surface area (Å²) in [5, 5.41) is 5.89. The highest BCUT2D eigenvalue weighted by atomic mass is 35.5. The lowest BCUT2D eigenvalue weighted by atomic mass is 10.2. The van der Waals surface area contributed by atoms with E-state index >= 15 is 0 Å². The number of amides is 1. The molecule has 0 heterocycles.